The largest absolute Gasteiger partial charge is 0.494 e. The van der Waals surface area contributed by atoms with Crippen molar-refractivity contribution in [2.75, 3.05) is 20.8 Å². The van der Waals surface area contributed by atoms with E-state index in [9.17, 15) is 13.2 Å². The topological polar surface area (TPSA) is 72.9 Å². The molecule has 0 bridgehead atoms. The fourth-order valence-electron chi connectivity index (χ4n) is 2.31. The summed E-state index contributed by atoms with van der Waals surface area (Å²) >= 11 is 6.06. The summed E-state index contributed by atoms with van der Waals surface area (Å²) in [5, 5.41) is 0.0381. The number of nitrogens with zero attached hydrogens (tertiary/aromatic N) is 1. The molecule has 0 unspecified atom stereocenters. The molecule has 0 atom stereocenters. The molecule has 2 aromatic carbocycles. The van der Waals surface area contributed by atoms with Crippen LogP contribution in [0.2, 0.25) is 5.02 Å². The highest BCUT2D eigenvalue weighted by atomic mass is 35.5. The molecule has 0 aliphatic rings. The van der Waals surface area contributed by atoms with Gasteiger partial charge in [0.2, 0.25) is 10.0 Å². The molecule has 140 valence electrons. The fraction of sp³-hybridized carbons (Fsp3) is 0.278. The first kappa shape index (κ1) is 20.2. The Labute approximate surface area is 158 Å². The van der Waals surface area contributed by atoms with Gasteiger partial charge in [-0.2, -0.15) is 4.31 Å². The van der Waals surface area contributed by atoms with E-state index in [0.29, 0.717) is 6.61 Å². The van der Waals surface area contributed by atoms with E-state index in [2.05, 4.69) is 4.74 Å². The number of carbonyl (C=O) groups excluding carboxylic acids is 1. The van der Waals surface area contributed by atoms with Crippen LogP contribution in [0.3, 0.4) is 0 Å². The molecule has 0 N–H and O–H groups in total. The third kappa shape index (κ3) is 4.55. The van der Waals surface area contributed by atoms with Crippen LogP contribution >= 0.6 is 11.6 Å². The SMILES string of the molecule is CCOc1ccc(CN(C)S(=O)(=O)c2cc(C(=O)OC)ccc2Cl)cc1. The zero-order chi connectivity index (χ0) is 19.3. The summed E-state index contributed by atoms with van der Waals surface area (Å²) in [7, 11) is -1.21. The van der Waals surface area contributed by atoms with Crippen molar-refractivity contribution in [3.63, 3.8) is 0 Å². The summed E-state index contributed by atoms with van der Waals surface area (Å²) in [6, 6.07) is 11.2. The van der Waals surface area contributed by atoms with Gasteiger partial charge in [0.05, 0.1) is 24.3 Å². The van der Waals surface area contributed by atoms with Gasteiger partial charge in [0.15, 0.2) is 0 Å². The fourth-order valence-corrected chi connectivity index (χ4v) is 3.97. The van der Waals surface area contributed by atoms with Crippen molar-refractivity contribution in [2.45, 2.75) is 18.4 Å². The van der Waals surface area contributed by atoms with Crippen LogP contribution < -0.4 is 4.74 Å². The molecule has 0 heterocycles. The quantitative estimate of drug-likeness (QED) is 0.670. The van der Waals surface area contributed by atoms with Gasteiger partial charge >= 0.3 is 5.97 Å². The van der Waals surface area contributed by atoms with Gasteiger partial charge in [0.1, 0.15) is 10.6 Å². The molecular formula is C18H20ClNO5S. The second-order valence-corrected chi connectivity index (χ2v) is 7.90. The first-order valence-corrected chi connectivity index (χ1v) is 9.67. The Morgan fingerprint density at radius 1 is 1.15 bits per heavy atom. The third-order valence-corrected chi connectivity index (χ3v) is 5.97. The normalized spacial score (nSPS) is 11.4. The molecule has 2 rings (SSSR count). The average Bonchev–Trinajstić information content (AvgIpc) is 2.63. The van der Waals surface area contributed by atoms with Gasteiger partial charge in [-0.25, -0.2) is 13.2 Å². The Balaban J connectivity index is 2.27. The molecule has 26 heavy (non-hydrogen) atoms. The summed E-state index contributed by atoms with van der Waals surface area (Å²) in [6.07, 6.45) is 0. The van der Waals surface area contributed by atoms with Gasteiger partial charge in [-0.3, -0.25) is 0 Å². The van der Waals surface area contributed by atoms with Crippen LogP contribution in [0.5, 0.6) is 5.75 Å². The van der Waals surface area contributed by atoms with E-state index in [4.69, 9.17) is 16.3 Å². The van der Waals surface area contributed by atoms with E-state index in [0.717, 1.165) is 11.3 Å². The van der Waals surface area contributed by atoms with Crippen LogP contribution in [0.4, 0.5) is 0 Å². The van der Waals surface area contributed by atoms with E-state index >= 15 is 0 Å². The summed E-state index contributed by atoms with van der Waals surface area (Å²) in [6.45, 7) is 2.59. The number of halogens is 1. The number of hydrogen-bond acceptors (Lipinski definition) is 5. The average molecular weight is 398 g/mol. The van der Waals surface area contributed by atoms with Crippen molar-refractivity contribution >= 4 is 27.6 Å². The highest BCUT2D eigenvalue weighted by molar-refractivity contribution is 7.89. The minimum absolute atomic E-state index is 0.0381. The van der Waals surface area contributed by atoms with Gasteiger partial charge in [-0.15, -0.1) is 0 Å². The Morgan fingerprint density at radius 3 is 2.38 bits per heavy atom. The Morgan fingerprint density at radius 2 is 1.81 bits per heavy atom. The lowest BCUT2D eigenvalue weighted by molar-refractivity contribution is 0.0600. The molecule has 0 amide bonds. The van der Waals surface area contributed by atoms with Gasteiger partial charge in [0.25, 0.3) is 0 Å². The number of methoxy groups -OCH3 is 1. The van der Waals surface area contributed by atoms with Crippen molar-refractivity contribution < 1.29 is 22.7 Å². The highest BCUT2D eigenvalue weighted by Crippen LogP contribution is 2.26. The lowest BCUT2D eigenvalue weighted by Crippen LogP contribution is -2.27. The Bertz CT molecular complexity index is 881. The second kappa shape index (κ2) is 8.53. The van der Waals surface area contributed by atoms with Crippen molar-refractivity contribution in [2.24, 2.45) is 0 Å². The Hall–Kier alpha value is -2.09. The summed E-state index contributed by atoms with van der Waals surface area (Å²) in [5.41, 5.74) is 0.907. The highest BCUT2D eigenvalue weighted by Gasteiger charge is 2.25. The van der Waals surface area contributed by atoms with Gasteiger partial charge in [0, 0.05) is 13.6 Å². The van der Waals surface area contributed by atoms with Crippen LogP contribution in [0.1, 0.15) is 22.8 Å². The second-order valence-electron chi connectivity index (χ2n) is 5.47. The molecule has 0 spiro atoms. The summed E-state index contributed by atoms with van der Waals surface area (Å²) in [4.78, 5) is 11.5. The number of carbonyl (C=O) groups is 1. The third-order valence-electron chi connectivity index (χ3n) is 3.68. The van der Waals surface area contributed by atoms with E-state index < -0.39 is 16.0 Å². The number of rotatable bonds is 7. The molecule has 0 aliphatic carbocycles. The van der Waals surface area contributed by atoms with Crippen LogP contribution in [0, 0.1) is 0 Å². The van der Waals surface area contributed by atoms with Crippen molar-refractivity contribution in [3.8, 4) is 5.75 Å². The van der Waals surface area contributed by atoms with Crippen LogP contribution in [0.15, 0.2) is 47.4 Å². The molecule has 0 saturated carbocycles. The van der Waals surface area contributed by atoms with Gasteiger partial charge in [-0.05, 0) is 42.8 Å². The van der Waals surface area contributed by atoms with Crippen LogP contribution in [-0.4, -0.2) is 39.5 Å². The first-order valence-electron chi connectivity index (χ1n) is 7.85. The Kier molecular flexibility index (Phi) is 6.63. The minimum Gasteiger partial charge on any atom is -0.494 e. The lowest BCUT2D eigenvalue weighted by atomic mass is 10.2. The molecule has 0 saturated heterocycles. The molecule has 0 aliphatic heterocycles. The molecular weight excluding hydrogens is 378 g/mol. The molecule has 0 fully saturated rings. The summed E-state index contributed by atoms with van der Waals surface area (Å²) < 4.78 is 36.9. The maximum absolute atomic E-state index is 12.9. The molecule has 6 nitrogen and oxygen atoms in total. The number of sulfonamides is 1. The monoisotopic (exact) mass is 397 g/mol. The molecule has 0 radical (unpaired) electrons. The van der Waals surface area contributed by atoms with Crippen LogP contribution in [0.25, 0.3) is 0 Å². The van der Waals surface area contributed by atoms with Crippen molar-refractivity contribution in [3.05, 3.63) is 58.6 Å². The predicted molar refractivity (Wildman–Crippen MR) is 99.1 cm³/mol. The van der Waals surface area contributed by atoms with Gasteiger partial charge in [-0.1, -0.05) is 23.7 Å². The number of benzene rings is 2. The van der Waals surface area contributed by atoms with Crippen LogP contribution in [-0.2, 0) is 21.3 Å². The van der Waals surface area contributed by atoms with E-state index in [1.807, 2.05) is 6.92 Å². The van der Waals surface area contributed by atoms with E-state index in [-0.39, 0.29) is 22.0 Å². The van der Waals surface area contributed by atoms with E-state index in [1.165, 1.54) is 36.7 Å². The molecule has 2 aromatic rings. The lowest BCUT2D eigenvalue weighted by Gasteiger charge is -2.18. The molecule has 0 aromatic heterocycles. The zero-order valence-electron chi connectivity index (χ0n) is 14.7. The molecule has 8 heteroatoms. The van der Waals surface area contributed by atoms with Gasteiger partial charge < -0.3 is 9.47 Å². The predicted octanol–water partition coefficient (Wildman–Crippen LogP) is 3.35. The van der Waals surface area contributed by atoms with E-state index in [1.54, 1.807) is 24.3 Å². The smallest absolute Gasteiger partial charge is 0.337 e. The number of esters is 1. The summed E-state index contributed by atoms with van der Waals surface area (Å²) in [5.74, 6) is 0.0860. The van der Waals surface area contributed by atoms with Crippen molar-refractivity contribution in [1.29, 1.82) is 0 Å². The zero-order valence-corrected chi connectivity index (χ0v) is 16.3. The number of hydrogen-bond donors (Lipinski definition) is 0. The van der Waals surface area contributed by atoms with Crippen molar-refractivity contribution in [1.82, 2.24) is 4.31 Å². The minimum atomic E-state index is -3.89. The first-order chi connectivity index (χ1) is 12.3. The number of ether oxygens (including phenoxy) is 2. The maximum atomic E-state index is 12.9. The maximum Gasteiger partial charge on any atom is 0.337 e. The standard InChI is InChI=1S/C18H20ClNO5S/c1-4-25-15-8-5-13(6-9-15)12-20(2)26(22,23)17-11-14(18(21)24-3)7-10-16(17)19/h5-11H,4,12H2,1-3H3.